The second kappa shape index (κ2) is 9.82. The molecule has 0 spiro atoms. The van der Waals surface area contributed by atoms with E-state index >= 15 is 0 Å². The Morgan fingerprint density at radius 3 is 2.19 bits per heavy atom. The molecule has 2 aromatic carbocycles. The van der Waals surface area contributed by atoms with Crippen LogP contribution in [-0.2, 0) is 24.8 Å². The topological polar surface area (TPSA) is 113 Å². The molecule has 1 N–H and O–H groups in total. The van der Waals surface area contributed by atoms with Gasteiger partial charge in [-0.05, 0) is 29.8 Å². The number of nitrogens with zero attached hydrogens (tertiary/aromatic N) is 2. The van der Waals surface area contributed by atoms with E-state index in [0.717, 1.165) is 11.0 Å². The largest absolute Gasteiger partial charge is 0.495 e. The van der Waals surface area contributed by atoms with Crippen molar-refractivity contribution in [1.82, 2.24) is 8.61 Å². The van der Waals surface area contributed by atoms with E-state index in [0.29, 0.717) is 5.69 Å². The molecule has 3 rings (SSSR count). The molecule has 0 aliphatic carbocycles. The van der Waals surface area contributed by atoms with Gasteiger partial charge in [0, 0.05) is 44.2 Å². The Kier molecular flexibility index (Phi) is 7.34. The molecule has 9 nitrogen and oxygen atoms in total. The molecule has 32 heavy (non-hydrogen) atoms. The lowest BCUT2D eigenvalue weighted by molar-refractivity contribution is -0.114. The van der Waals surface area contributed by atoms with E-state index in [1.165, 1.54) is 40.9 Å². The molecular formula is C21H25N3O6S2. The number of piperazine rings is 1. The molecule has 1 amide bonds. The highest BCUT2D eigenvalue weighted by Gasteiger charge is 2.34. The first-order chi connectivity index (χ1) is 15.1. The molecule has 1 aliphatic heterocycles. The molecule has 0 unspecified atom stereocenters. The molecule has 0 atom stereocenters. The van der Waals surface area contributed by atoms with Crippen molar-refractivity contribution in [3.05, 3.63) is 59.5 Å². The Balaban J connectivity index is 1.75. The number of carbonyl (C=O) groups excluding carboxylic acids is 1. The highest BCUT2D eigenvalue weighted by molar-refractivity contribution is 7.92. The zero-order valence-corrected chi connectivity index (χ0v) is 19.4. The number of hydrogen-bond donors (Lipinski definition) is 1. The maximum absolute atomic E-state index is 13.2. The smallest absolute Gasteiger partial charge is 0.246 e. The maximum atomic E-state index is 13.2. The Morgan fingerprint density at radius 1 is 0.969 bits per heavy atom. The summed E-state index contributed by atoms with van der Waals surface area (Å²) in [4.78, 5) is 11.2. The van der Waals surface area contributed by atoms with Gasteiger partial charge in [0.25, 0.3) is 0 Å². The van der Waals surface area contributed by atoms with Gasteiger partial charge in [-0.15, -0.1) is 0 Å². The summed E-state index contributed by atoms with van der Waals surface area (Å²) < 4.78 is 59.4. The van der Waals surface area contributed by atoms with E-state index in [-0.39, 0.29) is 42.7 Å². The van der Waals surface area contributed by atoms with Crippen molar-refractivity contribution in [2.24, 2.45) is 0 Å². The summed E-state index contributed by atoms with van der Waals surface area (Å²) in [7, 11) is -6.30. The minimum absolute atomic E-state index is 0.00570. The molecule has 1 saturated heterocycles. The fourth-order valence-electron chi connectivity index (χ4n) is 3.28. The molecule has 0 radical (unpaired) electrons. The van der Waals surface area contributed by atoms with Gasteiger partial charge in [-0.25, -0.2) is 16.8 Å². The predicted octanol–water partition coefficient (Wildman–Crippen LogP) is 1.96. The standard InChI is InChI=1S/C21H25N3O6S2/c1-17(25)22-19-8-9-20(30-2)21(16-19)32(28,29)24-13-11-23(12-14-24)31(26,27)15-10-18-6-4-3-5-7-18/h3-10,15-16H,11-14H2,1-2H3,(H,22,25)/b15-10+. The van der Waals surface area contributed by atoms with Crippen LogP contribution in [0, 0.1) is 0 Å². The van der Waals surface area contributed by atoms with Gasteiger partial charge in [-0.1, -0.05) is 30.3 Å². The molecular weight excluding hydrogens is 454 g/mol. The minimum atomic E-state index is -3.97. The normalized spacial score (nSPS) is 16.2. The summed E-state index contributed by atoms with van der Waals surface area (Å²) in [5, 5.41) is 3.68. The molecule has 1 aliphatic rings. The van der Waals surface area contributed by atoms with E-state index < -0.39 is 20.0 Å². The van der Waals surface area contributed by atoms with Gasteiger partial charge in [-0.2, -0.15) is 8.61 Å². The van der Waals surface area contributed by atoms with Crippen LogP contribution in [0.5, 0.6) is 5.75 Å². The van der Waals surface area contributed by atoms with E-state index in [2.05, 4.69) is 5.32 Å². The van der Waals surface area contributed by atoms with Crippen LogP contribution in [0.25, 0.3) is 6.08 Å². The molecule has 1 fully saturated rings. The average Bonchev–Trinajstić information content (AvgIpc) is 2.78. The summed E-state index contributed by atoms with van der Waals surface area (Å²) in [5.74, 6) is -0.194. The second-order valence-corrected chi connectivity index (χ2v) is 10.8. The molecule has 11 heteroatoms. The summed E-state index contributed by atoms with van der Waals surface area (Å²) >= 11 is 0. The van der Waals surface area contributed by atoms with Crippen molar-refractivity contribution in [3.8, 4) is 5.75 Å². The van der Waals surface area contributed by atoms with Crippen molar-refractivity contribution in [1.29, 1.82) is 0 Å². The van der Waals surface area contributed by atoms with E-state index in [1.807, 2.05) is 18.2 Å². The Labute approximate surface area is 188 Å². The lowest BCUT2D eigenvalue weighted by atomic mass is 10.2. The third-order valence-corrected chi connectivity index (χ3v) is 8.38. The quantitative estimate of drug-likeness (QED) is 0.650. The summed E-state index contributed by atoms with van der Waals surface area (Å²) in [6.07, 6.45) is 1.51. The number of rotatable bonds is 7. The van der Waals surface area contributed by atoms with Gasteiger partial charge < -0.3 is 10.1 Å². The van der Waals surface area contributed by atoms with Gasteiger partial charge in [0.1, 0.15) is 10.6 Å². The minimum Gasteiger partial charge on any atom is -0.495 e. The Hall–Kier alpha value is -2.73. The lowest BCUT2D eigenvalue weighted by Gasteiger charge is -2.32. The molecule has 0 saturated carbocycles. The van der Waals surface area contributed by atoms with E-state index in [4.69, 9.17) is 4.74 Å². The summed E-state index contributed by atoms with van der Waals surface area (Å²) in [6.45, 7) is 1.36. The van der Waals surface area contributed by atoms with Crippen LogP contribution < -0.4 is 10.1 Å². The van der Waals surface area contributed by atoms with Gasteiger partial charge in [0.2, 0.25) is 26.0 Å². The van der Waals surface area contributed by atoms with Gasteiger partial charge >= 0.3 is 0 Å². The third-order valence-electron chi connectivity index (χ3n) is 4.89. The van der Waals surface area contributed by atoms with Crippen molar-refractivity contribution < 1.29 is 26.4 Å². The Bertz CT molecular complexity index is 1200. The molecule has 0 aromatic heterocycles. The summed E-state index contributed by atoms with van der Waals surface area (Å²) in [6, 6.07) is 13.4. The number of nitrogens with one attached hydrogen (secondary N) is 1. The van der Waals surface area contributed by atoms with Crippen molar-refractivity contribution in [2.45, 2.75) is 11.8 Å². The van der Waals surface area contributed by atoms with Crippen molar-refractivity contribution >= 4 is 37.7 Å². The monoisotopic (exact) mass is 479 g/mol. The predicted molar refractivity (Wildman–Crippen MR) is 122 cm³/mol. The van der Waals surface area contributed by atoms with Crippen LogP contribution in [0.2, 0.25) is 0 Å². The van der Waals surface area contributed by atoms with Crippen LogP contribution >= 0.6 is 0 Å². The van der Waals surface area contributed by atoms with Crippen LogP contribution in [0.3, 0.4) is 0 Å². The fraction of sp³-hybridized carbons (Fsp3) is 0.286. The third kappa shape index (κ3) is 5.54. The second-order valence-electron chi connectivity index (χ2n) is 7.11. The molecule has 1 heterocycles. The number of anilines is 1. The van der Waals surface area contributed by atoms with Crippen LogP contribution in [0.4, 0.5) is 5.69 Å². The molecule has 2 aromatic rings. The maximum Gasteiger partial charge on any atom is 0.246 e. The van der Waals surface area contributed by atoms with Crippen LogP contribution in [0.1, 0.15) is 12.5 Å². The van der Waals surface area contributed by atoms with Gasteiger partial charge in [0.05, 0.1) is 7.11 Å². The number of methoxy groups -OCH3 is 1. The number of ether oxygens (including phenoxy) is 1. The highest BCUT2D eigenvalue weighted by atomic mass is 32.2. The van der Waals surface area contributed by atoms with Gasteiger partial charge in [0.15, 0.2) is 0 Å². The fourth-order valence-corrected chi connectivity index (χ4v) is 6.05. The number of carbonyl (C=O) groups is 1. The van der Waals surface area contributed by atoms with Crippen molar-refractivity contribution in [2.75, 3.05) is 38.6 Å². The van der Waals surface area contributed by atoms with Crippen LogP contribution in [-0.4, -0.2) is 64.6 Å². The van der Waals surface area contributed by atoms with Crippen molar-refractivity contribution in [3.63, 3.8) is 0 Å². The molecule has 172 valence electrons. The van der Waals surface area contributed by atoms with Crippen LogP contribution in [0.15, 0.2) is 58.8 Å². The number of hydrogen-bond acceptors (Lipinski definition) is 6. The number of sulfonamides is 2. The molecule has 0 bridgehead atoms. The van der Waals surface area contributed by atoms with E-state index in [1.54, 1.807) is 18.2 Å². The number of benzene rings is 2. The average molecular weight is 480 g/mol. The SMILES string of the molecule is COc1ccc(NC(C)=O)cc1S(=O)(=O)N1CCN(S(=O)(=O)/C=C/c2ccccc2)CC1. The van der Waals surface area contributed by atoms with Gasteiger partial charge in [-0.3, -0.25) is 4.79 Å². The highest BCUT2D eigenvalue weighted by Crippen LogP contribution is 2.30. The van der Waals surface area contributed by atoms with E-state index in [9.17, 15) is 21.6 Å². The number of amides is 1. The first kappa shape index (κ1) is 23.9. The Morgan fingerprint density at radius 2 is 1.59 bits per heavy atom. The lowest BCUT2D eigenvalue weighted by Crippen LogP contribution is -2.50. The first-order valence-electron chi connectivity index (χ1n) is 9.82. The zero-order chi connectivity index (χ0) is 23.4. The summed E-state index contributed by atoms with van der Waals surface area (Å²) in [5.41, 5.74) is 1.08. The zero-order valence-electron chi connectivity index (χ0n) is 17.8. The first-order valence-corrected chi connectivity index (χ1v) is 12.8.